The van der Waals surface area contributed by atoms with Crippen LogP contribution < -0.4 is 46.1 Å². The van der Waals surface area contributed by atoms with Crippen LogP contribution in [0.5, 0.6) is 0 Å². The molecule has 0 radical (unpaired) electrons. The second-order valence-corrected chi connectivity index (χ2v) is 4.91. The van der Waals surface area contributed by atoms with Crippen molar-refractivity contribution < 1.29 is 39.5 Å². The standard InChI is InChI=1S/C13H28N2O2.Na/c1-3-5-7-8-10-11(9-6-4-2)13(14,15)12(16)17;/h11H,3-10,14-15H2,1-2H3,(H,16,17);/q;+1/p-1. The van der Waals surface area contributed by atoms with E-state index in [1.165, 1.54) is 6.42 Å². The van der Waals surface area contributed by atoms with Crippen LogP contribution in [0.1, 0.15) is 65.2 Å². The van der Waals surface area contributed by atoms with Gasteiger partial charge in [0, 0.05) is 0 Å². The molecule has 0 aliphatic heterocycles. The van der Waals surface area contributed by atoms with Crippen LogP contribution in [-0.4, -0.2) is 11.6 Å². The summed E-state index contributed by atoms with van der Waals surface area (Å²) in [6.07, 6.45) is 7.97. The zero-order valence-electron chi connectivity index (χ0n) is 12.2. The zero-order valence-corrected chi connectivity index (χ0v) is 14.2. The van der Waals surface area contributed by atoms with Gasteiger partial charge in [-0.2, -0.15) is 0 Å². The molecule has 18 heavy (non-hydrogen) atoms. The Balaban J connectivity index is 0. The van der Waals surface area contributed by atoms with Gasteiger partial charge in [0.2, 0.25) is 0 Å². The Hall–Kier alpha value is 0.390. The van der Waals surface area contributed by atoms with E-state index in [9.17, 15) is 9.90 Å². The number of nitrogens with two attached hydrogens (primary N) is 2. The number of aliphatic carboxylic acids is 1. The molecule has 0 amide bonds. The summed E-state index contributed by atoms with van der Waals surface area (Å²) in [6, 6.07) is 0. The molecule has 4 nitrogen and oxygen atoms in total. The second kappa shape index (κ2) is 11.2. The molecular formula is C13H27N2NaO2. The molecule has 1 unspecified atom stereocenters. The normalized spacial score (nSPS) is 12.9. The van der Waals surface area contributed by atoms with Gasteiger partial charge < -0.3 is 21.4 Å². The molecule has 0 aliphatic carbocycles. The van der Waals surface area contributed by atoms with Crippen molar-refractivity contribution >= 4 is 5.97 Å². The molecule has 0 fully saturated rings. The van der Waals surface area contributed by atoms with Gasteiger partial charge in [-0.3, -0.25) is 0 Å². The largest absolute Gasteiger partial charge is 1.00 e. The van der Waals surface area contributed by atoms with Crippen LogP contribution in [0.15, 0.2) is 0 Å². The Labute approximate surface area is 133 Å². The van der Waals surface area contributed by atoms with Gasteiger partial charge in [-0.25, -0.2) is 0 Å². The van der Waals surface area contributed by atoms with E-state index in [0.717, 1.165) is 44.9 Å². The maximum atomic E-state index is 11.0. The quantitative estimate of drug-likeness (QED) is 0.275. The monoisotopic (exact) mass is 266 g/mol. The summed E-state index contributed by atoms with van der Waals surface area (Å²) in [7, 11) is 0. The molecule has 102 valence electrons. The summed E-state index contributed by atoms with van der Waals surface area (Å²) >= 11 is 0. The van der Waals surface area contributed by atoms with Crippen molar-refractivity contribution in [1.29, 1.82) is 0 Å². The number of carboxylic acids is 1. The molecule has 0 saturated carbocycles. The Morgan fingerprint density at radius 1 is 1.06 bits per heavy atom. The average Bonchev–Trinajstić information content (AvgIpc) is 2.27. The fourth-order valence-electron chi connectivity index (χ4n) is 2.06. The van der Waals surface area contributed by atoms with Gasteiger partial charge in [-0.05, 0) is 18.8 Å². The zero-order chi connectivity index (χ0) is 13.3. The van der Waals surface area contributed by atoms with Gasteiger partial charge in [-0.15, -0.1) is 0 Å². The third kappa shape index (κ3) is 7.74. The molecule has 0 aromatic carbocycles. The Morgan fingerprint density at radius 3 is 2.00 bits per heavy atom. The number of hydrogen-bond acceptors (Lipinski definition) is 4. The van der Waals surface area contributed by atoms with Crippen LogP contribution in [0.2, 0.25) is 0 Å². The predicted molar refractivity (Wildman–Crippen MR) is 67.9 cm³/mol. The van der Waals surface area contributed by atoms with E-state index >= 15 is 0 Å². The summed E-state index contributed by atoms with van der Waals surface area (Å²) in [5, 5.41) is 11.0. The predicted octanol–water partition coefficient (Wildman–Crippen LogP) is -1.87. The number of rotatable bonds is 10. The van der Waals surface area contributed by atoms with E-state index in [1.807, 2.05) is 0 Å². The van der Waals surface area contributed by atoms with Crippen molar-refractivity contribution in [1.82, 2.24) is 0 Å². The first-order chi connectivity index (χ1) is 7.96. The average molecular weight is 266 g/mol. The van der Waals surface area contributed by atoms with Crippen molar-refractivity contribution in [3.8, 4) is 0 Å². The maximum Gasteiger partial charge on any atom is 1.00 e. The minimum atomic E-state index is -1.68. The maximum absolute atomic E-state index is 11.0. The van der Waals surface area contributed by atoms with Gasteiger partial charge in [0.05, 0.1) is 5.97 Å². The first kappa shape index (κ1) is 20.7. The topological polar surface area (TPSA) is 92.2 Å². The first-order valence-corrected chi connectivity index (χ1v) is 6.75. The molecule has 0 aromatic rings. The Kier molecular flexibility index (Phi) is 12.9. The second-order valence-electron chi connectivity index (χ2n) is 4.91. The first-order valence-electron chi connectivity index (χ1n) is 6.75. The van der Waals surface area contributed by atoms with Gasteiger partial charge in [0.1, 0.15) is 5.66 Å². The summed E-state index contributed by atoms with van der Waals surface area (Å²) in [5.74, 6) is -1.52. The van der Waals surface area contributed by atoms with Gasteiger partial charge in [0.15, 0.2) is 0 Å². The minimum Gasteiger partial charge on any atom is -0.547 e. The number of hydrogen-bond donors (Lipinski definition) is 2. The fraction of sp³-hybridized carbons (Fsp3) is 0.923. The number of unbranched alkanes of at least 4 members (excludes halogenated alkanes) is 4. The van der Waals surface area contributed by atoms with E-state index < -0.39 is 11.6 Å². The molecule has 1 atom stereocenters. The van der Waals surface area contributed by atoms with E-state index in [0.29, 0.717) is 0 Å². The van der Waals surface area contributed by atoms with E-state index in [1.54, 1.807) is 0 Å². The van der Waals surface area contributed by atoms with Gasteiger partial charge in [0.25, 0.3) is 0 Å². The SMILES string of the molecule is CCCCCCC(CCCC)C(N)(N)C(=O)[O-].[Na+]. The van der Waals surface area contributed by atoms with Gasteiger partial charge in [-0.1, -0.05) is 52.4 Å². The molecule has 0 aliphatic rings. The smallest absolute Gasteiger partial charge is 0.547 e. The molecule has 0 spiro atoms. The molecule has 0 bridgehead atoms. The summed E-state index contributed by atoms with van der Waals surface area (Å²) in [6.45, 7) is 4.22. The van der Waals surface area contributed by atoms with Crippen LogP contribution in [0.3, 0.4) is 0 Å². The summed E-state index contributed by atoms with van der Waals surface area (Å²) in [4.78, 5) is 11.0. The summed E-state index contributed by atoms with van der Waals surface area (Å²) < 4.78 is 0. The summed E-state index contributed by atoms with van der Waals surface area (Å²) in [5.41, 5.74) is 9.67. The van der Waals surface area contributed by atoms with Gasteiger partial charge >= 0.3 is 29.6 Å². The van der Waals surface area contributed by atoms with Crippen LogP contribution in [0.25, 0.3) is 0 Å². The van der Waals surface area contributed by atoms with E-state index in [-0.39, 0.29) is 35.5 Å². The number of carboxylic acid groups (broad SMARTS) is 1. The molecular weight excluding hydrogens is 239 g/mol. The van der Waals surface area contributed by atoms with Crippen molar-refractivity contribution in [2.75, 3.05) is 0 Å². The number of carbonyl (C=O) groups is 1. The number of carbonyl (C=O) groups excluding carboxylic acids is 1. The minimum absolute atomic E-state index is 0. The van der Waals surface area contributed by atoms with Crippen LogP contribution in [0, 0.1) is 5.92 Å². The molecule has 5 heteroatoms. The third-order valence-corrected chi connectivity index (χ3v) is 3.34. The van der Waals surface area contributed by atoms with Crippen molar-refractivity contribution in [2.24, 2.45) is 17.4 Å². The van der Waals surface area contributed by atoms with Crippen molar-refractivity contribution in [2.45, 2.75) is 70.9 Å². The molecule has 0 rings (SSSR count). The third-order valence-electron chi connectivity index (χ3n) is 3.34. The van der Waals surface area contributed by atoms with Crippen molar-refractivity contribution in [3.05, 3.63) is 0 Å². The molecule has 0 saturated heterocycles. The Morgan fingerprint density at radius 2 is 1.56 bits per heavy atom. The van der Waals surface area contributed by atoms with E-state index in [2.05, 4.69) is 13.8 Å². The van der Waals surface area contributed by atoms with Crippen LogP contribution >= 0.6 is 0 Å². The van der Waals surface area contributed by atoms with Crippen LogP contribution in [-0.2, 0) is 4.79 Å². The molecule has 0 heterocycles. The molecule has 0 aromatic heterocycles. The van der Waals surface area contributed by atoms with E-state index in [4.69, 9.17) is 11.5 Å². The Bertz CT molecular complexity index is 223. The fourth-order valence-corrected chi connectivity index (χ4v) is 2.06. The molecule has 4 N–H and O–H groups in total. The van der Waals surface area contributed by atoms with Crippen LogP contribution in [0.4, 0.5) is 0 Å². The van der Waals surface area contributed by atoms with Crippen molar-refractivity contribution in [3.63, 3.8) is 0 Å².